The SMILES string of the molecule is Cc1occc1C(=O)N1CCC2(CC1)CC(=O)N(Cc1ccncc1)C2. The summed E-state index contributed by atoms with van der Waals surface area (Å²) in [7, 11) is 0. The first kappa shape index (κ1) is 16.8. The minimum atomic E-state index is 0.00628. The molecule has 26 heavy (non-hydrogen) atoms. The summed E-state index contributed by atoms with van der Waals surface area (Å²) in [5.41, 5.74) is 1.75. The van der Waals surface area contributed by atoms with Gasteiger partial charge >= 0.3 is 0 Å². The van der Waals surface area contributed by atoms with Crippen LogP contribution in [-0.2, 0) is 11.3 Å². The zero-order valence-electron chi connectivity index (χ0n) is 15.0. The largest absolute Gasteiger partial charge is 0.469 e. The molecule has 4 rings (SSSR count). The van der Waals surface area contributed by atoms with Gasteiger partial charge in [0.05, 0.1) is 11.8 Å². The topological polar surface area (TPSA) is 66.7 Å². The zero-order chi connectivity index (χ0) is 18.1. The van der Waals surface area contributed by atoms with Crippen molar-refractivity contribution < 1.29 is 14.0 Å². The first-order chi connectivity index (χ1) is 12.6. The monoisotopic (exact) mass is 353 g/mol. The number of pyridine rings is 1. The summed E-state index contributed by atoms with van der Waals surface area (Å²) in [6.45, 7) is 4.62. The van der Waals surface area contributed by atoms with E-state index in [1.165, 1.54) is 0 Å². The maximum atomic E-state index is 12.6. The molecule has 0 unspecified atom stereocenters. The normalized spacial score (nSPS) is 19.3. The van der Waals surface area contributed by atoms with Gasteiger partial charge in [0.15, 0.2) is 0 Å². The van der Waals surface area contributed by atoms with E-state index in [1.54, 1.807) is 24.7 Å². The molecule has 2 aliphatic rings. The van der Waals surface area contributed by atoms with E-state index < -0.39 is 0 Å². The molecule has 0 saturated carbocycles. The lowest BCUT2D eigenvalue weighted by Gasteiger charge is -2.38. The van der Waals surface area contributed by atoms with E-state index in [2.05, 4.69) is 4.98 Å². The number of nitrogens with zero attached hydrogens (tertiary/aromatic N) is 3. The predicted octanol–water partition coefficient (Wildman–Crippen LogP) is 2.64. The molecule has 2 aromatic heterocycles. The van der Waals surface area contributed by atoms with Crippen LogP contribution in [0.25, 0.3) is 0 Å². The number of hydrogen-bond acceptors (Lipinski definition) is 4. The molecule has 0 atom stereocenters. The average molecular weight is 353 g/mol. The summed E-state index contributed by atoms with van der Waals surface area (Å²) in [5.74, 6) is 0.909. The van der Waals surface area contributed by atoms with Crippen LogP contribution in [0.2, 0.25) is 0 Å². The van der Waals surface area contributed by atoms with Crippen LogP contribution in [0.15, 0.2) is 41.3 Å². The van der Waals surface area contributed by atoms with Crippen molar-refractivity contribution in [1.82, 2.24) is 14.8 Å². The highest BCUT2D eigenvalue weighted by Crippen LogP contribution is 2.41. The summed E-state index contributed by atoms with van der Waals surface area (Å²) in [4.78, 5) is 33.0. The summed E-state index contributed by atoms with van der Waals surface area (Å²) in [5, 5.41) is 0. The third-order valence-corrected chi connectivity index (χ3v) is 5.73. The van der Waals surface area contributed by atoms with Crippen LogP contribution in [0.4, 0.5) is 0 Å². The fourth-order valence-electron chi connectivity index (χ4n) is 4.13. The number of aryl methyl sites for hydroxylation is 1. The van der Waals surface area contributed by atoms with E-state index >= 15 is 0 Å². The van der Waals surface area contributed by atoms with Gasteiger partial charge in [0, 0.05) is 50.4 Å². The second kappa shape index (κ2) is 6.59. The molecule has 2 fully saturated rings. The van der Waals surface area contributed by atoms with Crippen molar-refractivity contribution >= 4 is 11.8 Å². The minimum absolute atomic E-state index is 0.00628. The molecule has 4 heterocycles. The average Bonchev–Trinajstić information content (AvgIpc) is 3.20. The van der Waals surface area contributed by atoms with E-state index in [4.69, 9.17) is 4.42 Å². The standard InChI is InChI=1S/C20H23N3O3/c1-15-17(4-11-26-15)19(25)22-9-5-20(6-10-22)12-18(24)23(14-20)13-16-2-7-21-8-3-16/h2-4,7-8,11H,5-6,9-10,12-14H2,1H3. The Morgan fingerprint density at radius 3 is 2.62 bits per heavy atom. The minimum Gasteiger partial charge on any atom is -0.469 e. The van der Waals surface area contributed by atoms with Gasteiger partial charge < -0.3 is 14.2 Å². The number of amides is 2. The van der Waals surface area contributed by atoms with Gasteiger partial charge in [-0.15, -0.1) is 0 Å². The van der Waals surface area contributed by atoms with Crippen LogP contribution in [0, 0.1) is 12.3 Å². The lowest BCUT2D eigenvalue weighted by molar-refractivity contribution is -0.128. The van der Waals surface area contributed by atoms with E-state index in [0.29, 0.717) is 37.4 Å². The van der Waals surface area contributed by atoms with Crippen molar-refractivity contribution in [2.24, 2.45) is 5.41 Å². The van der Waals surface area contributed by atoms with Crippen molar-refractivity contribution in [2.75, 3.05) is 19.6 Å². The third-order valence-electron chi connectivity index (χ3n) is 5.73. The lowest BCUT2D eigenvalue weighted by Crippen LogP contribution is -2.44. The molecule has 2 amide bonds. The maximum absolute atomic E-state index is 12.6. The zero-order valence-corrected chi connectivity index (χ0v) is 15.0. The highest BCUT2D eigenvalue weighted by atomic mass is 16.3. The van der Waals surface area contributed by atoms with Gasteiger partial charge in [-0.2, -0.15) is 0 Å². The molecule has 0 bridgehead atoms. The lowest BCUT2D eigenvalue weighted by atomic mass is 9.77. The Hall–Kier alpha value is -2.63. The van der Waals surface area contributed by atoms with Gasteiger partial charge in [-0.1, -0.05) is 0 Å². The molecule has 6 nitrogen and oxygen atoms in total. The second-order valence-corrected chi connectivity index (χ2v) is 7.46. The maximum Gasteiger partial charge on any atom is 0.257 e. The molecule has 0 N–H and O–H groups in total. The molecule has 0 aliphatic carbocycles. The number of likely N-dealkylation sites (tertiary alicyclic amines) is 2. The summed E-state index contributed by atoms with van der Waals surface area (Å²) >= 11 is 0. The van der Waals surface area contributed by atoms with Crippen LogP contribution < -0.4 is 0 Å². The Morgan fingerprint density at radius 2 is 1.96 bits per heavy atom. The molecular formula is C20H23N3O3. The van der Waals surface area contributed by atoms with Gasteiger partial charge in [0.2, 0.25) is 5.91 Å². The number of carbonyl (C=O) groups is 2. The Labute approximate surface area is 152 Å². The van der Waals surface area contributed by atoms with E-state index in [9.17, 15) is 9.59 Å². The third kappa shape index (κ3) is 3.11. The molecule has 2 saturated heterocycles. The van der Waals surface area contributed by atoms with E-state index in [1.807, 2.05) is 28.9 Å². The molecule has 6 heteroatoms. The van der Waals surface area contributed by atoms with Crippen LogP contribution >= 0.6 is 0 Å². The van der Waals surface area contributed by atoms with E-state index in [0.717, 1.165) is 24.9 Å². The Kier molecular flexibility index (Phi) is 4.26. The van der Waals surface area contributed by atoms with E-state index in [-0.39, 0.29) is 17.2 Å². The van der Waals surface area contributed by atoms with Gasteiger partial charge in [-0.3, -0.25) is 14.6 Å². The summed E-state index contributed by atoms with van der Waals surface area (Å²) < 4.78 is 5.25. The molecule has 136 valence electrons. The van der Waals surface area contributed by atoms with Crippen molar-refractivity contribution in [2.45, 2.75) is 32.7 Å². The smallest absolute Gasteiger partial charge is 0.257 e. The molecule has 2 aromatic rings. The molecule has 0 radical (unpaired) electrons. The Morgan fingerprint density at radius 1 is 1.23 bits per heavy atom. The number of piperidine rings is 1. The molecule has 2 aliphatic heterocycles. The van der Waals surface area contributed by atoms with Gasteiger partial charge in [-0.05, 0) is 43.5 Å². The van der Waals surface area contributed by atoms with Crippen LogP contribution in [-0.4, -0.2) is 46.2 Å². The van der Waals surface area contributed by atoms with Crippen LogP contribution in [0.5, 0.6) is 0 Å². The Balaban J connectivity index is 1.39. The van der Waals surface area contributed by atoms with Crippen molar-refractivity contribution in [3.8, 4) is 0 Å². The predicted molar refractivity (Wildman–Crippen MR) is 95.3 cm³/mol. The highest BCUT2D eigenvalue weighted by molar-refractivity contribution is 5.95. The number of hydrogen-bond donors (Lipinski definition) is 0. The van der Waals surface area contributed by atoms with Gasteiger partial charge in [-0.25, -0.2) is 0 Å². The fraction of sp³-hybridized carbons (Fsp3) is 0.450. The molecule has 1 spiro atoms. The summed E-state index contributed by atoms with van der Waals surface area (Å²) in [6.07, 6.45) is 7.40. The Bertz CT molecular complexity index is 807. The first-order valence-corrected chi connectivity index (χ1v) is 9.06. The second-order valence-electron chi connectivity index (χ2n) is 7.46. The highest BCUT2D eigenvalue weighted by Gasteiger charge is 2.45. The van der Waals surface area contributed by atoms with Crippen molar-refractivity contribution in [3.63, 3.8) is 0 Å². The number of aromatic nitrogens is 1. The molecular weight excluding hydrogens is 330 g/mol. The van der Waals surface area contributed by atoms with Crippen molar-refractivity contribution in [1.29, 1.82) is 0 Å². The number of furan rings is 1. The number of rotatable bonds is 3. The van der Waals surface area contributed by atoms with Crippen LogP contribution in [0.3, 0.4) is 0 Å². The van der Waals surface area contributed by atoms with Crippen LogP contribution in [0.1, 0.15) is 40.9 Å². The van der Waals surface area contributed by atoms with Gasteiger partial charge in [0.1, 0.15) is 5.76 Å². The quantitative estimate of drug-likeness (QED) is 0.851. The first-order valence-electron chi connectivity index (χ1n) is 9.06. The number of carbonyl (C=O) groups excluding carboxylic acids is 2. The molecule has 0 aromatic carbocycles. The summed E-state index contributed by atoms with van der Waals surface area (Å²) in [6, 6.07) is 5.64. The van der Waals surface area contributed by atoms with Crippen molar-refractivity contribution in [3.05, 3.63) is 53.7 Å². The van der Waals surface area contributed by atoms with Gasteiger partial charge in [0.25, 0.3) is 5.91 Å². The fourth-order valence-corrected chi connectivity index (χ4v) is 4.13.